The topological polar surface area (TPSA) is 43.8 Å². The molecule has 0 unspecified atom stereocenters. The molecule has 0 radical (unpaired) electrons. The molecule has 4 heteroatoms. The zero-order chi connectivity index (χ0) is 19.4. The summed E-state index contributed by atoms with van der Waals surface area (Å²) in [7, 11) is 0. The zero-order valence-corrected chi connectivity index (χ0v) is 16.5. The Morgan fingerprint density at radius 3 is 2.19 bits per heavy atom. The molecule has 1 saturated carbocycles. The molecule has 144 valence electrons. The number of hydroxylamine groups is 2. The normalized spacial score (nSPS) is 22.5. The predicted molar refractivity (Wildman–Crippen MR) is 107 cm³/mol. The van der Waals surface area contributed by atoms with Crippen LogP contribution in [0.4, 0.5) is 0 Å². The quantitative estimate of drug-likeness (QED) is 0.716. The molecule has 1 aliphatic rings. The van der Waals surface area contributed by atoms with Crippen LogP contribution >= 0.6 is 0 Å². The monoisotopic (exact) mass is 366 g/mol. The summed E-state index contributed by atoms with van der Waals surface area (Å²) in [4.78, 5) is 15.3. The molecule has 0 saturated heterocycles. The van der Waals surface area contributed by atoms with Gasteiger partial charge in [0.15, 0.2) is 0 Å². The molecule has 0 aliphatic heterocycles. The van der Waals surface area contributed by atoms with Gasteiger partial charge in [0, 0.05) is 25.7 Å². The molecule has 2 aromatic carbocycles. The number of nitrogens with zero attached hydrogens (tertiary/aromatic N) is 2. The van der Waals surface area contributed by atoms with E-state index >= 15 is 0 Å². The van der Waals surface area contributed by atoms with Crippen molar-refractivity contribution in [3.63, 3.8) is 0 Å². The summed E-state index contributed by atoms with van der Waals surface area (Å²) in [6.07, 6.45) is 0.777. The molecule has 1 aliphatic carbocycles. The fraction of sp³-hybridized carbons (Fsp3) is 0.435. The minimum absolute atomic E-state index is 0.0988. The third-order valence-electron chi connectivity index (χ3n) is 5.98. The maximum atomic E-state index is 13.4. The van der Waals surface area contributed by atoms with E-state index in [9.17, 15) is 10.0 Å². The van der Waals surface area contributed by atoms with Crippen LogP contribution in [0.1, 0.15) is 38.3 Å². The van der Waals surface area contributed by atoms with Crippen molar-refractivity contribution in [1.29, 1.82) is 0 Å². The summed E-state index contributed by atoms with van der Waals surface area (Å²) in [5, 5.41) is 12.1. The SMILES string of the molecule is CCN(CC)C(=O)[C@@]1(c2ccccc2)C[C@H]1[C@@H](C)N(O)Cc1ccccc1. The van der Waals surface area contributed by atoms with Crippen molar-refractivity contribution in [3.8, 4) is 0 Å². The van der Waals surface area contributed by atoms with E-state index in [1.165, 1.54) is 5.06 Å². The molecule has 2 aromatic rings. The zero-order valence-electron chi connectivity index (χ0n) is 16.5. The Hall–Kier alpha value is -2.17. The summed E-state index contributed by atoms with van der Waals surface area (Å²) in [6, 6.07) is 19.9. The summed E-state index contributed by atoms with van der Waals surface area (Å²) in [5.74, 6) is 0.283. The summed E-state index contributed by atoms with van der Waals surface area (Å²) in [6.45, 7) is 7.94. The summed E-state index contributed by atoms with van der Waals surface area (Å²) in [5.41, 5.74) is 1.60. The smallest absolute Gasteiger partial charge is 0.233 e. The van der Waals surface area contributed by atoms with Gasteiger partial charge in [-0.2, -0.15) is 5.06 Å². The molecule has 0 spiro atoms. The molecular formula is C23H30N2O2. The lowest BCUT2D eigenvalue weighted by atomic mass is 9.89. The number of carbonyl (C=O) groups is 1. The summed E-state index contributed by atoms with van der Waals surface area (Å²) >= 11 is 0. The van der Waals surface area contributed by atoms with Crippen LogP contribution in [0.3, 0.4) is 0 Å². The van der Waals surface area contributed by atoms with Crippen molar-refractivity contribution in [2.75, 3.05) is 13.1 Å². The first kappa shape index (κ1) is 19.6. The predicted octanol–water partition coefficient (Wildman–Crippen LogP) is 4.09. The minimum atomic E-state index is -0.523. The number of rotatable bonds is 8. The van der Waals surface area contributed by atoms with E-state index in [0.717, 1.165) is 17.5 Å². The summed E-state index contributed by atoms with van der Waals surface area (Å²) < 4.78 is 0. The van der Waals surface area contributed by atoms with Crippen molar-refractivity contribution >= 4 is 5.91 Å². The van der Waals surface area contributed by atoms with Gasteiger partial charge in [0.05, 0.1) is 5.41 Å². The molecule has 0 heterocycles. The highest BCUT2D eigenvalue weighted by atomic mass is 16.5. The lowest BCUT2D eigenvalue weighted by molar-refractivity contribution is -0.143. The number of hydrogen-bond donors (Lipinski definition) is 1. The molecule has 1 amide bonds. The largest absolute Gasteiger partial charge is 0.342 e. The van der Waals surface area contributed by atoms with Crippen molar-refractivity contribution < 1.29 is 10.0 Å². The van der Waals surface area contributed by atoms with Gasteiger partial charge in [-0.3, -0.25) is 4.79 Å². The van der Waals surface area contributed by atoms with Gasteiger partial charge in [-0.15, -0.1) is 0 Å². The number of hydrogen-bond acceptors (Lipinski definition) is 3. The van der Waals surface area contributed by atoms with Crippen LogP contribution in [0, 0.1) is 5.92 Å². The van der Waals surface area contributed by atoms with Gasteiger partial charge in [-0.05, 0) is 44.2 Å². The first-order chi connectivity index (χ1) is 13.0. The minimum Gasteiger partial charge on any atom is -0.342 e. The maximum absolute atomic E-state index is 13.4. The van der Waals surface area contributed by atoms with Gasteiger partial charge in [-0.25, -0.2) is 0 Å². The number of amides is 1. The average molecular weight is 367 g/mol. The standard InChI is InChI=1S/C23H30N2O2/c1-4-24(5-2)22(26)23(20-14-10-7-11-15-20)16-21(23)18(3)25(27)17-19-12-8-6-9-13-19/h6-15,18,21,27H,4-5,16-17H2,1-3H3/t18-,21+,23-/m1/s1. The Morgan fingerprint density at radius 1 is 1.07 bits per heavy atom. The van der Waals surface area contributed by atoms with E-state index < -0.39 is 5.41 Å². The number of carbonyl (C=O) groups excluding carboxylic acids is 1. The van der Waals surface area contributed by atoms with Crippen LogP contribution in [0.15, 0.2) is 60.7 Å². The van der Waals surface area contributed by atoms with Gasteiger partial charge in [0.25, 0.3) is 0 Å². The fourth-order valence-electron chi connectivity index (χ4n) is 4.22. The van der Waals surface area contributed by atoms with E-state index in [-0.39, 0.29) is 17.9 Å². The Morgan fingerprint density at radius 2 is 1.63 bits per heavy atom. The maximum Gasteiger partial charge on any atom is 0.233 e. The van der Waals surface area contributed by atoms with Crippen LogP contribution in [0.2, 0.25) is 0 Å². The first-order valence-electron chi connectivity index (χ1n) is 9.88. The van der Waals surface area contributed by atoms with Crippen molar-refractivity contribution in [2.45, 2.75) is 45.2 Å². The van der Waals surface area contributed by atoms with Crippen molar-refractivity contribution in [1.82, 2.24) is 9.96 Å². The van der Waals surface area contributed by atoms with Crippen LogP contribution in [-0.2, 0) is 16.8 Å². The van der Waals surface area contributed by atoms with Crippen LogP contribution in [-0.4, -0.2) is 40.2 Å². The Kier molecular flexibility index (Phi) is 5.98. The molecule has 0 bridgehead atoms. The van der Waals surface area contributed by atoms with Crippen molar-refractivity contribution in [2.24, 2.45) is 5.92 Å². The van der Waals surface area contributed by atoms with E-state index in [0.29, 0.717) is 19.6 Å². The molecule has 0 aromatic heterocycles. The van der Waals surface area contributed by atoms with Gasteiger partial charge >= 0.3 is 0 Å². The molecule has 3 rings (SSSR count). The van der Waals surface area contributed by atoms with E-state index in [1.54, 1.807) is 0 Å². The molecular weight excluding hydrogens is 336 g/mol. The average Bonchev–Trinajstić information content (AvgIpc) is 3.46. The second kappa shape index (κ2) is 8.24. The van der Waals surface area contributed by atoms with E-state index in [1.807, 2.05) is 86.3 Å². The lowest BCUT2D eigenvalue weighted by Crippen LogP contribution is -2.43. The first-order valence-corrected chi connectivity index (χ1v) is 9.88. The third-order valence-corrected chi connectivity index (χ3v) is 5.98. The van der Waals surface area contributed by atoms with Gasteiger partial charge < -0.3 is 10.1 Å². The second-order valence-electron chi connectivity index (χ2n) is 7.45. The molecule has 27 heavy (non-hydrogen) atoms. The highest BCUT2D eigenvalue weighted by Gasteiger charge is 2.64. The second-order valence-corrected chi connectivity index (χ2v) is 7.45. The molecule has 4 nitrogen and oxygen atoms in total. The Balaban J connectivity index is 1.83. The third kappa shape index (κ3) is 3.78. The van der Waals surface area contributed by atoms with Gasteiger partial charge in [0.2, 0.25) is 5.91 Å². The van der Waals surface area contributed by atoms with Crippen LogP contribution < -0.4 is 0 Å². The molecule has 3 atom stereocenters. The fourth-order valence-corrected chi connectivity index (χ4v) is 4.22. The van der Waals surface area contributed by atoms with E-state index in [4.69, 9.17) is 0 Å². The molecule has 1 N–H and O–H groups in total. The highest BCUT2D eigenvalue weighted by Crippen LogP contribution is 2.58. The lowest BCUT2D eigenvalue weighted by Gasteiger charge is -2.30. The Bertz CT molecular complexity index is 745. The van der Waals surface area contributed by atoms with Crippen LogP contribution in [0.5, 0.6) is 0 Å². The number of likely N-dealkylation sites (N-methyl/N-ethyl adjacent to an activating group) is 1. The highest BCUT2D eigenvalue weighted by molar-refractivity contribution is 5.92. The van der Waals surface area contributed by atoms with Crippen LogP contribution in [0.25, 0.3) is 0 Å². The van der Waals surface area contributed by atoms with Gasteiger partial charge in [-0.1, -0.05) is 60.7 Å². The van der Waals surface area contributed by atoms with Crippen molar-refractivity contribution in [3.05, 3.63) is 71.8 Å². The Labute approximate surface area is 162 Å². The van der Waals surface area contributed by atoms with Gasteiger partial charge in [0.1, 0.15) is 0 Å². The van der Waals surface area contributed by atoms with E-state index in [2.05, 4.69) is 0 Å². The number of benzene rings is 2. The molecule has 1 fully saturated rings.